The summed E-state index contributed by atoms with van der Waals surface area (Å²) in [6.07, 6.45) is -0.0914. The van der Waals surface area contributed by atoms with Gasteiger partial charge in [-0.05, 0) is 51.5 Å². The summed E-state index contributed by atoms with van der Waals surface area (Å²) in [7, 11) is 0. The molecule has 0 fully saturated rings. The smallest absolute Gasteiger partial charge is 0.407 e. The van der Waals surface area contributed by atoms with Gasteiger partial charge in [0.25, 0.3) is 5.56 Å². The second-order valence-corrected chi connectivity index (χ2v) is 7.65. The number of alkyl carbamates (subject to hydrolysis) is 1. The fraction of sp³-hybridized carbons (Fsp3) is 0.318. The largest absolute Gasteiger partial charge is 0.444 e. The summed E-state index contributed by atoms with van der Waals surface area (Å²) in [5.74, 6) is 0.592. The van der Waals surface area contributed by atoms with Gasteiger partial charge in [0.1, 0.15) is 11.4 Å². The molecule has 1 aromatic heterocycles. The fourth-order valence-electron chi connectivity index (χ4n) is 3.00. The highest BCUT2D eigenvalue weighted by atomic mass is 16.6. The van der Waals surface area contributed by atoms with Crippen LogP contribution in [0.15, 0.2) is 53.3 Å². The van der Waals surface area contributed by atoms with Crippen LogP contribution in [0.1, 0.15) is 32.2 Å². The van der Waals surface area contributed by atoms with E-state index in [1.165, 1.54) is 0 Å². The molecular formula is C22H25N3O3. The molecule has 3 rings (SSSR count). The van der Waals surface area contributed by atoms with Crippen molar-refractivity contribution in [3.05, 3.63) is 70.3 Å². The van der Waals surface area contributed by atoms with Gasteiger partial charge in [-0.2, -0.15) is 0 Å². The standard InChI is InChI=1S/C22H25N3O3/c1-15-9-8-12-17-19(15)24-18(13-14-23-21(27)28-22(2,3)4)25(20(17)26)16-10-6-5-7-11-16/h5-12H,13-14H2,1-4H3,(H,23,27). The lowest BCUT2D eigenvalue weighted by atomic mass is 10.1. The molecule has 0 saturated heterocycles. The first-order chi connectivity index (χ1) is 13.3. The number of aromatic nitrogens is 2. The number of carbonyl (C=O) groups is 1. The number of nitrogens with one attached hydrogen (secondary N) is 1. The maximum atomic E-state index is 13.2. The van der Waals surface area contributed by atoms with E-state index in [4.69, 9.17) is 9.72 Å². The molecule has 1 heterocycles. The number of para-hydroxylation sites is 2. The fourth-order valence-corrected chi connectivity index (χ4v) is 3.00. The van der Waals surface area contributed by atoms with Crippen molar-refractivity contribution in [2.24, 2.45) is 0 Å². The van der Waals surface area contributed by atoms with Gasteiger partial charge in [0.15, 0.2) is 0 Å². The van der Waals surface area contributed by atoms with Gasteiger partial charge in [0.05, 0.1) is 16.6 Å². The Morgan fingerprint density at radius 2 is 1.82 bits per heavy atom. The first-order valence-corrected chi connectivity index (χ1v) is 9.30. The minimum Gasteiger partial charge on any atom is -0.444 e. The summed E-state index contributed by atoms with van der Waals surface area (Å²) in [6.45, 7) is 7.68. The van der Waals surface area contributed by atoms with Crippen LogP contribution in [0.2, 0.25) is 0 Å². The molecule has 0 saturated carbocycles. The predicted molar refractivity (Wildman–Crippen MR) is 110 cm³/mol. The van der Waals surface area contributed by atoms with Crippen molar-refractivity contribution in [3.63, 3.8) is 0 Å². The number of rotatable bonds is 4. The molecule has 28 heavy (non-hydrogen) atoms. The molecule has 3 aromatic rings. The summed E-state index contributed by atoms with van der Waals surface area (Å²) in [4.78, 5) is 29.9. The quantitative estimate of drug-likeness (QED) is 0.749. The van der Waals surface area contributed by atoms with Crippen LogP contribution in [0.25, 0.3) is 16.6 Å². The monoisotopic (exact) mass is 379 g/mol. The molecule has 0 bridgehead atoms. The van der Waals surface area contributed by atoms with E-state index >= 15 is 0 Å². The zero-order valence-electron chi connectivity index (χ0n) is 16.7. The summed E-state index contributed by atoms with van der Waals surface area (Å²) in [5, 5.41) is 3.31. The molecule has 0 radical (unpaired) electrons. The van der Waals surface area contributed by atoms with Crippen LogP contribution in [-0.4, -0.2) is 27.8 Å². The third kappa shape index (κ3) is 4.39. The number of hydrogen-bond acceptors (Lipinski definition) is 4. The Labute approximate surface area is 164 Å². The van der Waals surface area contributed by atoms with Crippen LogP contribution >= 0.6 is 0 Å². The SMILES string of the molecule is Cc1cccc2c(=O)n(-c3ccccc3)c(CCNC(=O)OC(C)(C)C)nc12. The molecule has 146 valence electrons. The lowest BCUT2D eigenvalue weighted by molar-refractivity contribution is 0.0528. The lowest BCUT2D eigenvalue weighted by Gasteiger charge is -2.20. The van der Waals surface area contributed by atoms with E-state index in [0.717, 1.165) is 11.3 Å². The van der Waals surface area contributed by atoms with E-state index in [9.17, 15) is 9.59 Å². The van der Waals surface area contributed by atoms with Crippen LogP contribution in [-0.2, 0) is 11.2 Å². The molecule has 0 aliphatic heterocycles. The van der Waals surface area contributed by atoms with Crippen molar-refractivity contribution in [2.75, 3.05) is 6.54 Å². The number of fused-ring (bicyclic) bond motifs is 1. The average molecular weight is 379 g/mol. The summed E-state index contributed by atoms with van der Waals surface area (Å²) < 4.78 is 6.87. The number of hydrogen-bond donors (Lipinski definition) is 1. The van der Waals surface area contributed by atoms with Crippen molar-refractivity contribution in [2.45, 2.75) is 39.7 Å². The molecule has 0 aliphatic rings. The molecule has 0 unspecified atom stereocenters. The van der Waals surface area contributed by atoms with E-state index in [0.29, 0.717) is 29.7 Å². The van der Waals surface area contributed by atoms with Crippen molar-refractivity contribution >= 4 is 17.0 Å². The molecular weight excluding hydrogens is 354 g/mol. The number of carbonyl (C=O) groups excluding carboxylic acids is 1. The van der Waals surface area contributed by atoms with Crippen LogP contribution in [0.3, 0.4) is 0 Å². The Kier molecular flexibility index (Phi) is 5.49. The Morgan fingerprint density at radius 1 is 1.11 bits per heavy atom. The first-order valence-electron chi connectivity index (χ1n) is 9.30. The third-order valence-electron chi connectivity index (χ3n) is 4.20. The molecule has 1 N–H and O–H groups in total. The average Bonchev–Trinajstić information content (AvgIpc) is 2.62. The number of aryl methyl sites for hydroxylation is 1. The Bertz CT molecular complexity index is 1050. The van der Waals surface area contributed by atoms with Crippen molar-refractivity contribution in [1.82, 2.24) is 14.9 Å². The maximum Gasteiger partial charge on any atom is 0.407 e. The zero-order chi connectivity index (χ0) is 20.3. The molecule has 0 spiro atoms. The Hall–Kier alpha value is -3.15. The van der Waals surface area contributed by atoms with Gasteiger partial charge in [-0.15, -0.1) is 0 Å². The number of ether oxygens (including phenoxy) is 1. The predicted octanol–water partition coefficient (Wildman–Crippen LogP) is 3.76. The Balaban J connectivity index is 1.97. The van der Waals surface area contributed by atoms with E-state index in [-0.39, 0.29) is 5.56 Å². The third-order valence-corrected chi connectivity index (χ3v) is 4.20. The second kappa shape index (κ2) is 7.84. The molecule has 0 atom stereocenters. The normalized spacial score (nSPS) is 11.4. The van der Waals surface area contributed by atoms with Crippen molar-refractivity contribution in [1.29, 1.82) is 0 Å². The molecule has 2 aromatic carbocycles. The van der Waals surface area contributed by atoms with Crippen molar-refractivity contribution in [3.8, 4) is 5.69 Å². The summed E-state index contributed by atoms with van der Waals surface area (Å²) >= 11 is 0. The minimum atomic E-state index is -0.561. The van der Waals surface area contributed by atoms with Gasteiger partial charge in [-0.1, -0.05) is 30.3 Å². The highest BCUT2D eigenvalue weighted by Crippen LogP contribution is 2.16. The van der Waals surface area contributed by atoms with Crippen LogP contribution in [0, 0.1) is 6.92 Å². The van der Waals surface area contributed by atoms with Gasteiger partial charge in [-0.25, -0.2) is 9.78 Å². The van der Waals surface area contributed by atoms with E-state index in [2.05, 4.69) is 5.32 Å². The van der Waals surface area contributed by atoms with Gasteiger partial charge in [-0.3, -0.25) is 9.36 Å². The maximum absolute atomic E-state index is 13.2. The van der Waals surface area contributed by atoms with Gasteiger partial charge < -0.3 is 10.1 Å². The zero-order valence-corrected chi connectivity index (χ0v) is 16.7. The number of amides is 1. The van der Waals surface area contributed by atoms with Gasteiger partial charge in [0, 0.05) is 13.0 Å². The summed E-state index contributed by atoms with van der Waals surface area (Å²) in [5.41, 5.74) is 1.69. The van der Waals surface area contributed by atoms with Gasteiger partial charge >= 0.3 is 6.09 Å². The van der Waals surface area contributed by atoms with Crippen LogP contribution in [0.5, 0.6) is 0 Å². The molecule has 0 aliphatic carbocycles. The molecule has 1 amide bonds. The second-order valence-electron chi connectivity index (χ2n) is 7.65. The van der Waals surface area contributed by atoms with E-state index < -0.39 is 11.7 Å². The van der Waals surface area contributed by atoms with E-state index in [1.807, 2.05) is 70.2 Å². The first kappa shape index (κ1) is 19.6. The van der Waals surface area contributed by atoms with Crippen molar-refractivity contribution < 1.29 is 9.53 Å². The highest BCUT2D eigenvalue weighted by molar-refractivity contribution is 5.81. The Morgan fingerprint density at radius 3 is 2.50 bits per heavy atom. The van der Waals surface area contributed by atoms with Crippen LogP contribution < -0.4 is 10.9 Å². The number of benzene rings is 2. The highest BCUT2D eigenvalue weighted by Gasteiger charge is 2.17. The van der Waals surface area contributed by atoms with Gasteiger partial charge in [0.2, 0.25) is 0 Å². The lowest BCUT2D eigenvalue weighted by Crippen LogP contribution is -2.34. The topological polar surface area (TPSA) is 73.2 Å². The number of nitrogens with zero attached hydrogens (tertiary/aromatic N) is 2. The molecule has 6 heteroatoms. The van der Waals surface area contributed by atoms with Crippen LogP contribution in [0.4, 0.5) is 4.79 Å². The summed E-state index contributed by atoms with van der Waals surface area (Å²) in [6, 6.07) is 15.0. The minimum absolute atomic E-state index is 0.118. The molecule has 6 nitrogen and oxygen atoms in total. The van der Waals surface area contributed by atoms with E-state index in [1.54, 1.807) is 10.6 Å².